The Morgan fingerprint density at radius 3 is 3.22 bits per heavy atom. The van der Waals surface area contributed by atoms with Crippen LogP contribution < -0.4 is 5.32 Å². The third-order valence-electron chi connectivity index (χ3n) is 3.07. The van der Waals surface area contributed by atoms with Gasteiger partial charge in [0, 0.05) is 25.8 Å². The molecule has 1 unspecified atom stereocenters. The van der Waals surface area contributed by atoms with Gasteiger partial charge in [0.15, 0.2) is 5.82 Å². The molecule has 1 N–H and O–H groups in total. The summed E-state index contributed by atoms with van der Waals surface area (Å²) in [6.07, 6.45) is 3.01. The lowest BCUT2D eigenvalue weighted by Crippen LogP contribution is -2.39. The van der Waals surface area contributed by atoms with E-state index in [0.29, 0.717) is 0 Å². The normalized spacial score (nSPS) is 21.1. The molecule has 1 aromatic heterocycles. The minimum absolute atomic E-state index is 0.0158. The van der Waals surface area contributed by atoms with Crippen molar-refractivity contribution in [2.24, 2.45) is 0 Å². The molecule has 0 spiro atoms. The Morgan fingerprint density at radius 2 is 2.44 bits per heavy atom. The molecular weight excluding hydrogens is 228 g/mol. The van der Waals surface area contributed by atoms with E-state index in [-0.39, 0.29) is 6.10 Å². The molecule has 0 saturated carbocycles. The van der Waals surface area contributed by atoms with E-state index in [1.165, 1.54) is 6.42 Å². The molecule has 1 saturated heterocycles. The van der Waals surface area contributed by atoms with Crippen LogP contribution in [-0.4, -0.2) is 48.2 Å². The average Bonchev–Trinajstić information content (AvgIpc) is 2.40. The largest absolute Gasteiger partial charge is 0.368 e. The average molecular weight is 250 g/mol. The van der Waals surface area contributed by atoms with Crippen molar-refractivity contribution in [3.05, 3.63) is 23.8 Å². The van der Waals surface area contributed by atoms with Gasteiger partial charge in [0.05, 0.1) is 12.3 Å². The molecule has 1 fully saturated rings. The maximum absolute atomic E-state index is 5.79. The second-order valence-electron chi connectivity index (χ2n) is 4.60. The van der Waals surface area contributed by atoms with E-state index >= 15 is 0 Å². The van der Waals surface area contributed by atoms with Crippen molar-refractivity contribution in [1.82, 2.24) is 20.2 Å². The van der Waals surface area contributed by atoms with Crippen LogP contribution in [-0.2, 0) is 11.3 Å². The first-order chi connectivity index (χ1) is 8.83. The number of hydrogen-bond acceptors (Lipinski definition) is 5. The first kappa shape index (κ1) is 13.4. The minimum atomic E-state index is 0.0158. The Morgan fingerprint density at radius 1 is 1.56 bits per heavy atom. The highest BCUT2D eigenvalue weighted by molar-refractivity contribution is 5.05. The van der Waals surface area contributed by atoms with Gasteiger partial charge in [-0.05, 0) is 26.1 Å². The Bertz CT molecular complexity index is 370. The number of hydrogen-bond donors (Lipinski definition) is 1. The minimum Gasteiger partial charge on any atom is -0.368 e. The molecule has 1 atom stereocenters. The van der Waals surface area contributed by atoms with E-state index in [9.17, 15) is 0 Å². The second-order valence-corrected chi connectivity index (χ2v) is 4.60. The Kier molecular flexibility index (Phi) is 5.04. The molecule has 0 radical (unpaired) electrons. The SMILES string of the molecule is CCCN1CCOC(c2nccc(CNC)n2)C1. The molecule has 0 bridgehead atoms. The zero-order valence-electron chi connectivity index (χ0n) is 11.2. The van der Waals surface area contributed by atoms with Gasteiger partial charge in [0.2, 0.25) is 0 Å². The lowest BCUT2D eigenvalue weighted by atomic mass is 10.2. The molecule has 100 valence electrons. The van der Waals surface area contributed by atoms with E-state index in [4.69, 9.17) is 4.74 Å². The maximum atomic E-state index is 5.79. The van der Waals surface area contributed by atoms with Crippen molar-refractivity contribution in [2.45, 2.75) is 26.0 Å². The van der Waals surface area contributed by atoms with E-state index in [1.807, 2.05) is 19.3 Å². The molecule has 0 aliphatic carbocycles. The summed E-state index contributed by atoms with van der Waals surface area (Å²) in [5.74, 6) is 0.809. The van der Waals surface area contributed by atoms with Crippen LogP contribution in [0.2, 0.25) is 0 Å². The van der Waals surface area contributed by atoms with Crippen LogP contribution in [0, 0.1) is 0 Å². The van der Waals surface area contributed by atoms with E-state index in [0.717, 1.165) is 44.3 Å². The van der Waals surface area contributed by atoms with Gasteiger partial charge >= 0.3 is 0 Å². The summed E-state index contributed by atoms with van der Waals surface area (Å²) in [7, 11) is 1.92. The van der Waals surface area contributed by atoms with Crippen molar-refractivity contribution in [2.75, 3.05) is 33.3 Å². The second kappa shape index (κ2) is 6.78. The zero-order valence-corrected chi connectivity index (χ0v) is 11.2. The van der Waals surface area contributed by atoms with Gasteiger partial charge in [-0.1, -0.05) is 6.92 Å². The summed E-state index contributed by atoms with van der Waals surface area (Å²) < 4.78 is 5.79. The number of nitrogens with zero attached hydrogens (tertiary/aromatic N) is 3. The zero-order chi connectivity index (χ0) is 12.8. The smallest absolute Gasteiger partial charge is 0.158 e. The standard InChI is InChI=1S/C13H22N4O/c1-3-6-17-7-8-18-12(10-17)13-15-5-4-11(16-13)9-14-2/h4-5,12,14H,3,6-10H2,1-2H3. The van der Waals surface area contributed by atoms with Crippen molar-refractivity contribution < 1.29 is 4.74 Å². The molecule has 18 heavy (non-hydrogen) atoms. The summed E-state index contributed by atoms with van der Waals surface area (Å²) in [4.78, 5) is 11.3. The van der Waals surface area contributed by atoms with Gasteiger partial charge in [-0.3, -0.25) is 4.90 Å². The first-order valence-corrected chi connectivity index (χ1v) is 6.64. The molecule has 5 nitrogen and oxygen atoms in total. The molecule has 1 aliphatic heterocycles. The molecule has 0 amide bonds. The summed E-state index contributed by atoms with van der Waals surface area (Å²) in [6.45, 7) is 6.77. The van der Waals surface area contributed by atoms with Crippen LogP contribution in [0.15, 0.2) is 12.3 Å². The fourth-order valence-electron chi connectivity index (χ4n) is 2.23. The third-order valence-corrected chi connectivity index (χ3v) is 3.07. The summed E-state index contributed by atoms with van der Waals surface area (Å²) in [6, 6.07) is 1.94. The highest BCUT2D eigenvalue weighted by Gasteiger charge is 2.23. The van der Waals surface area contributed by atoms with Gasteiger partial charge in [-0.2, -0.15) is 0 Å². The molecule has 0 aromatic carbocycles. The van der Waals surface area contributed by atoms with Crippen LogP contribution in [0.3, 0.4) is 0 Å². The number of ether oxygens (including phenoxy) is 1. The fraction of sp³-hybridized carbons (Fsp3) is 0.692. The quantitative estimate of drug-likeness (QED) is 0.844. The summed E-state index contributed by atoms with van der Waals surface area (Å²) in [5.41, 5.74) is 1.01. The number of morpholine rings is 1. The lowest BCUT2D eigenvalue weighted by Gasteiger charge is -2.31. The van der Waals surface area contributed by atoms with Gasteiger partial charge in [0.25, 0.3) is 0 Å². The van der Waals surface area contributed by atoms with Crippen LogP contribution >= 0.6 is 0 Å². The van der Waals surface area contributed by atoms with Crippen LogP contribution in [0.4, 0.5) is 0 Å². The van der Waals surface area contributed by atoms with Crippen molar-refractivity contribution in [1.29, 1.82) is 0 Å². The van der Waals surface area contributed by atoms with Gasteiger partial charge in [-0.25, -0.2) is 9.97 Å². The predicted octanol–water partition coefficient (Wildman–Crippen LogP) is 0.979. The number of nitrogens with one attached hydrogen (secondary N) is 1. The third kappa shape index (κ3) is 3.48. The highest BCUT2D eigenvalue weighted by atomic mass is 16.5. The van der Waals surface area contributed by atoms with Gasteiger partial charge in [0.1, 0.15) is 6.10 Å². The maximum Gasteiger partial charge on any atom is 0.158 e. The van der Waals surface area contributed by atoms with Crippen molar-refractivity contribution in [3.63, 3.8) is 0 Å². The van der Waals surface area contributed by atoms with Crippen LogP contribution in [0.1, 0.15) is 31.0 Å². The van der Waals surface area contributed by atoms with Crippen LogP contribution in [0.5, 0.6) is 0 Å². The molecule has 2 heterocycles. The van der Waals surface area contributed by atoms with Crippen LogP contribution in [0.25, 0.3) is 0 Å². The Balaban J connectivity index is 2.03. The lowest BCUT2D eigenvalue weighted by molar-refractivity contribution is -0.0343. The molecular formula is C13H22N4O. The van der Waals surface area contributed by atoms with E-state index in [2.05, 4.69) is 27.1 Å². The Labute approximate surface area is 109 Å². The molecule has 1 aromatic rings. The molecule has 1 aliphatic rings. The van der Waals surface area contributed by atoms with Crippen molar-refractivity contribution >= 4 is 0 Å². The van der Waals surface area contributed by atoms with Crippen molar-refractivity contribution in [3.8, 4) is 0 Å². The van der Waals surface area contributed by atoms with E-state index in [1.54, 1.807) is 0 Å². The molecule has 5 heteroatoms. The number of aromatic nitrogens is 2. The predicted molar refractivity (Wildman–Crippen MR) is 70.2 cm³/mol. The Hall–Kier alpha value is -1.04. The molecule has 2 rings (SSSR count). The highest BCUT2D eigenvalue weighted by Crippen LogP contribution is 2.19. The summed E-state index contributed by atoms with van der Waals surface area (Å²) >= 11 is 0. The van der Waals surface area contributed by atoms with Gasteiger partial charge in [-0.15, -0.1) is 0 Å². The van der Waals surface area contributed by atoms with Gasteiger partial charge < -0.3 is 10.1 Å². The topological polar surface area (TPSA) is 50.3 Å². The number of rotatable bonds is 5. The first-order valence-electron chi connectivity index (χ1n) is 6.64. The monoisotopic (exact) mass is 250 g/mol. The fourth-order valence-corrected chi connectivity index (χ4v) is 2.23. The summed E-state index contributed by atoms with van der Waals surface area (Å²) in [5, 5.41) is 3.10. The van der Waals surface area contributed by atoms with E-state index < -0.39 is 0 Å².